The van der Waals surface area contributed by atoms with E-state index >= 15 is 0 Å². The van der Waals surface area contributed by atoms with Crippen LogP contribution in [0.3, 0.4) is 0 Å². The van der Waals surface area contributed by atoms with Crippen molar-refractivity contribution < 1.29 is 4.79 Å². The van der Waals surface area contributed by atoms with E-state index in [1.807, 2.05) is 12.1 Å². The van der Waals surface area contributed by atoms with Gasteiger partial charge in [-0.3, -0.25) is 4.79 Å². The first kappa shape index (κ1) is 13.1. The van der Waals surface area contributed by atoms with Crippen LogP contribution in [0.25, 0.3) is 0 Å². The molecule has 1 unspecified atom stereocenters. The van der Waals surface area contributed by atoms with E-state index in [0.717, 1.165) is 24.2 Å². The van der Waals surface area contributed by atoms with E-state index in [4.69, 9.17) is 0 Å². The fourth-order valence-corrected chi connectivity index (χ4v) is 1.76. The molecule has 0 aliphatic rings. The number of thiol groups is 1. The van der Waals surface area contributed by atoms with Crippen molar-refractivity contribution >= 4 is 18.5 Å². The molecule has 3 heteroatoms. The summed E-state index contributed by atoms with van der Waals surface area (Å²) < 4.78 is 0. The average Bonchev–Trinajstić information content (AvgIpc) is 2.29. The van der Waals surface area contributed by atoms with Crippen molar-refractivity contribution in [2.24, 2.45) is 0 Å². The molecule has 1 aromatic carbocycles. The lowest BCUT2D eigenvalue weighted by molar-refractivity contribution is 0.0933. The van der Waals surface area contributed by atoms with Gasteiger partial charge in [0.05, 0.1) is 0 Å². The zero-order valence-corrected chi connectivity index (χ0v) is 10.8. The molecule has 0 aliphatic heterocycles. The number of rotatable bonds is 5. The highest BCUT2D eigenvalue weighted by Crippen LogP contribution is 2.09. The van der Waals surface area contributed by atoms with Gasteiger partial charge in [-0.2, -0.15) is 0 Å². The molecule has 88 valence electrons. The van der Waals surface area contributed by atoms with Gasteiger partial charge in [0.2, 0.25) is 0 Å². The van der Waals surface area contributed by atoms with Crippen LogP contribution < -0.4 is 5.32 Å². The highest BCUT2D eigenvalue weighted by molar-refractivity contribution is 7.80. The molecule has 2 nitrogen and oxygen atoms in total. The number of carbonyl (C=O) groups is 1. The van der Waals surface area contributed by atoms with Gasteiger partial charge in [-0.25, -0.2) is 0 Å². The minimum absolute atomic E-state index is 0.00799. The minimum atomic E-state index is 0.00799. The maximum Gasteiger partial charge on any atom is 0.251 e. The van der Waals surface area contributed by atoms with Gasteiger partial charge in [0, 0.05) is 16.5 Å². The van der Waals surface area contributed by atoms with Crippen LogP contribution in [-0.4, -0.2) is 11.9 Å². The summed E-state index contributed by atoms with van der Waals surface area (Å²) in [5.74, 6) is 0.00799. The summed E-state index contributed by atoms with van der Waals surface area (Å²) in [5.41, 5.74) is 0.701. The van der Waals surface area contributed by atoms with Crippen molar-refractivity contribution in [3.8, 4) is 0 Å². The Labute approximate surface area is 103 Å². The van der Waals surface area contributed by atoms with Crippen molar-refractivity contribution in [2.75, 3.05) is 0 Å². The van der Waals surface area contributed by atoms with E-state index in [0.29, 0.717) is 5.56 Å². The molecule has 0 spiro atoms. The molecule has 1 atom stereocenters. The van der Waals surface area contributed by atoms with E-state index in [-0.39, 0.29) is 11.9 Å². The highest BCUT2D eigenvalue weighted by atomic mass is 32.1. The Kier molecular flexibility index (Phi) is 5.39. The molecule has 1 rings (SSSR count). The van der Waals surface area contributed by atoms with E-state index < -0.39 is 0 Å². The van der Waals surface area contributed by atoms with Gasteiger partial charge in [0.25, 0.3) is 5.91 Å². The average molecular weight is 237 g/mol. The maximum absolute atomic E-state index is 11.9. The molecule has 0 aliphatic carbocycles. The first-order chi connectivity index (χ1) is 7.67. The van der Waals surface area contributed by atoms with Crippen LogP contribution in [0.2, 0.25) is 0 Å². The van der Waals surface area contributed by atoms with Gasteiger partial charge in [0.1, 0.15) is 0 Å². The number of nitrogens with one attached hydrogen (secondary N) is 1. The van der Waals surface area contributed by atoms with E-state index in [1.54, 1.807) is 12.1 Å². The van der Waals surface area contributed by atoms with Crippen LogP contribution in [-0.2, 0) is 0 Å². The third-order valence-electron chi connectivity index (χ3n) is 2.59. The summed E-state index contributed by atoms with van der Waals surface area (Å²) in [6.07, 6.45) is 3.10. The first-order valence-electron chi connectivity index (χ1n) is 5.77. The van der Waals surface area contributed by atoms with Crippen molar-refractivity contribution in [1.29, 1.82) is 0 Å². The monoisotopic (exact) mass is 237 g/mol. The quantitative estimate of drug-likeness (QED) is 0.756. The molecule has 0 radical (unpaired) electrons. The molecule has 1 N–H and O–H groups in total. The number of amides is 1. The summed E-state index contributed by atoms with van der Waals surface area (Å²) in [6.45, 7) is 4.22. The second-order valence-corrected chi connectivity index (χ2v) is 4.43. The zero-order valence-electron chi connectivity index (χ0n) is 9.86. The normalized spacial score (nSPS) is 12.2. The molecule has 0 bridgehead atoms. The predicted octanol–water partition coefficient (Wildman–Crippen LogP) is 3.28. The van der Waals surface area contributed by atoms with E-state index in [9.17, 15) is 4.79 Å². The van der Waals surface area contributed by atoms with Crippen LogP contribution in [0, 0.1) is 0 Å². The van der Waals surface area contributed by atoms with Gasteiger partial charge in [0.15, 0.2) is 0 Å². The zero-order chi connectivity index (χ0) is 12.0. The van der Waals surface area contributed by atoms with Crippen LogP contribution in [0.5, 0.6) is 0 Å². The second kappa shape index (κ2) is 6.59. The third kappa shape index (κ3) is 3.89. The second-order valence-electron chi connectivity index (χ2n) is 3.91. The largest absolute Gasteiger partial charge is 0.349 e. The summed E-state index contributed by atoms with van der Waals surface area (Å²) in [4.78, 5) is 12.7. The SMILES string of the molecule is CCCC(CC)NC(=O)c1ccc(S)cc1. The fourth-order valence-electron chi connectivity index (χ4n) is 1.61. The molecule has 0 saturated heterocycles. The molecule has 0 aromatic heterocycles. The highest BCUT2D eigenvalue weighted by Gasteiger charge is 2.10. The van der Waals surface area contributed by atoms with Crippen molar-refractivity contribution in [2.45, 2.75) is 44.0 Å². The Morgan fingerprint density at radius 3 is 2.44 bits per heavy atom. The summed E-state index contributed by atoms with van der Waals surface area (Å²) >= 11 is 4.19. The summed E-state index contributed by atoms with van der Waals surface area (Å²) in [7, 11) is 0. The lowest BCUT2D eigenvalue weighted by Gasteiger charge is -2.15. The minimum Gasteiger partial charge on any atom is -0.349 e. The Hall–Kier alpha value is -0.960. The molecular weight excluding hydrogens is 218 g/mol. The van der Waals surface area contributed by atoms with Crippen LogP contribution >= 0.6 is 12.6 Å². The van der Waals surface area contributed by atoms with Crippen molar-refractivity contribution in [3.63, 3.8) is 0 Å². The molecule has 16 heavy (non-hydrogen) atoms. The van der Waals surface area contributed by atoms with Crippen LogP contribution in [0.4, 0.5) is 0 Å². The van der Waals surface area contributed by atoms with Gasteiger partial charge in [-0.15, -0.1) is 12.6 Å². The Balaban J connectivity index is 2.60. The number of benzene rings is 1. The topological polar surface area (TPSA) is 29.1 Å². The molecular formula is C13H19NOS. The Bertz CT molecular complexity index is 334. The maximum atomic E-state index is 11.9. The Morgan fingerprint density at radius 2 is 1.94 bits per heavy atom. The van der Waals surface area contributed by atoms with E-state index in [2.05, 4.69) is 31.8 Å². The van der Waals surface area contributed by atoms with Gasteiger partial charge >= 0.3 is 0 Å². The number of hydrogen-bond acceptors (Lipinski definition) is 2. The fraction of sp³-hybridized carbons (Fsp3) is 0.462. The smallest absolute Gasteiger partial charge is 0.251 e. The molecule has 1 amide bonds. The van der Waals surface area contributed by atoms with Gasteiger partial charge < -0.3 is 5.32 Å². The lowest BCUT2D eigenvalue weighted by atomic mass is 10.1. The van der Waals surface area contributed by atoms with Crippen molar-refractivity contribution in [1.82, 2.24) is 5.32 Å². The van der Waals surface area contributed by atoms with Crippen LogP contribution in [0.1, 0.15) is 43.5 Å². The number of carbonyl (C=O) groups excluding carboxylic acids is 1. The standard InChI is InChI=1S/C13H19NOS/c1-3-5-11(4-2)14-13(15)10-6-8-12(16)9-7-10/h6-9,11,16H,3-5H2,1-2H3,(H,14,15). The lowest BCUT2D eigenvalue weighted by Crippen LogP contribution is -2.34. The van der Waals surface area contributed by atoms with Crippen molar-refractivity contribution in [3.05, 3.63) is 29.8 Å². The molecule has 1 aromatic rings. The summed E-state index contributed by atoms with van der Waals surface area (Å²) in [6, 6.07) is 7.55. The Morgan fingerprint density at radius 1 is 1.31 bits per heavy atom. The summed E-state index contributed by atoms with van der Waals surface area (Å²) in [5, 5.41) is 3.04. The van der Waals surface area contributed by atoms with Gasteiger partial charge in [-0.1, -0.05) is 20.3 Å². The molecule has 0 saturated carbocycles. The van der Waals surface area contributed by atoms with Gasteiger partial charge in [-0.05, 0) is 37.1 Å². The number of hydrogen-bond donors (Lipinski definition) is 2. The van der Waals surface area contributed by atoms with Crippen LogP contribution in [0.15, 0.2) is 29.2 Å². The van der Waals surface area contributed by atoms with E-state index in [1.165, 1.54) is 0 Å². The third-order valence-corrected chi connectivity index (χ3v) is 2.89. The molecule has 0 fully saturated rings. The predicted molar refractivity (Wildman–Crippen MR) is 70.1 cm³/mol. The first-order valence-corrected chi connectivity index (χ1v) is 6.22. The molecule has 0 heterocycles.